The fraction of sp³-hybridized carbons (Fsp3) is 0.545. The molecular formula is C22H37IN6. The molecule has 1 aromatic carbocycles. The normalized spacial score (nSPS) is 11.1. The van der Waals surface area contributed by atoms with E-state index in [9.17, 15) is 0 Å². The number of rotatable bonds is 12. The Kier molecular flexibility index (Phi) is 13.2. The fourth-order valence-corrected chi connectivity index (χ4v) is 3.16. The Bertz CT molecular complexity index is 686. The zero-order valence-corrected chi connectivity index (χ0v) is 20.4. The summed E-state index contributed by atoms with van der Waals surface area (Å²) in [6.07, 6.45) is 7.19. The maximum Gasteiger partial charge on any atom is 0.191 e. The van der Waals surface area contributed by atoms with E-state index in [0.717, 1.165) is 70.3 Å². The van der Waals surface area contributed by atoms with E-state index in [1.807, 2.05) is 19.3 Å². The summed E-state index contributed by atoms with van der Waals surface area (Å²) in [4.78, 5) is 11.4. The van der Waals surface area contributed by atoms with Crippen LogP contribution in [-0.4, -0.2) is 48.2 Å². The van der Waals surface area contributed by atoms with E-state index in [4.69, 9.17) is 4.99 Å². The summed E-state index contributed by atoms with van der Waals surface area (Å²) in [5.41, 5.74) is 1.28. The standard InChI is InChI=1S/C22H36N6.HI/c1-4-23-22(25-14-9-10-17-28-19-16-24-20(28)3)26-15-11-18-27(5-2)21-12-7-6-8-13-21;/h6-8,12-13,16,19H,4-5,9-11,14-15,17-18H2,1-3H3,(H2,23,25,26);1H. The fourth-order valence-electron chi connectivity index (χ4n) is 3.16. The largest absolute Gasteiger partial charge is 0.372 e. The van der Waals surface area contributed by atoms with E-state index in [1.165, 1.54) is 5.69 Å². The van der Waals surface area contributed by atoms with Gasteiger partial charge in [-0.25, -0.2) is 4.98 Å². The van der Waals surface area contributed by atoms with Crippen molar-refractivity contribution in [3.63, 3.8) is 0 Å². The predicted molar refractivity (Wildman–Crippen MR) is 135 cm³/mol. The molecule has 0 spiro atoms. The Morgan fingerprint density at radius 1 is 1.10 bits per heavy atom. The van der Waals surface area contributed by atoms with Gasteiger partial charge in [0.15, 0.2) is 5.96 Å². The number of imidazole rings is 1. The summed E-state index contributed by atoms with van der Waals surface area (Å²) >= 11 is 0. The first-order valence-corrected chi connectivity index (χ1v) is 10.5. The molecule has 0 aliphatic carbocycles. The zero-order valence-electron chi connectivity index (χ0n) is 18.1. The van der Waals surface area contributed by atoms with Crippen LogP contribution in [0.1, 0.15) is 38.9 Å². The molecule has 7 heteroatoms. The number of hydrogen-bond acceptors (Lipinski definition) is 3. The van der Waals surface area contributed by atoms with Gasteiger partial charge in [0, 0.05) is 57.3 Å². The zero-order chi connectivity index (χ0) is 20.0. The first kappa shape index (κ1) is 25.3. The van der Waals surface area contributed by atoms with E-state index in [2.05, 4.69) is 69.3 Å². The first-order chi connectivity index (χ1) is 13.7. The molecular weight excluding hydrogens is 475 g/mol. The van der Waals surface area contributed by atoms with Gasteiger partial charge in [-0.05, 0) is 52.2 Å². The van der Waals surface area contributed by atoms with E-state index < -0.39 is 0 Å². The van der Waals surface area contributed by atoms with Crippen LogP contribution in [0, 0.1) is 6.92 Å². The number of hydrogen-bond donors (Lipinski definition) is 2. The van der Waals surface area contributed by atoms with Gasteiger partial charge in [0.1, 0.15) is 5.82 Å². The maximum absolute atomic E-state index is 4.73. The molecule has 0 saturated heterocycles. The number of anilines is 1. The molecule has 0 unspecified atom stereocenters. The Morgan fingerprint density at radius 3 is 2.55 bits per heavy atom. The van der Waals surface area contributed by atoms with Crippen molar-refractivity contribution in [2.24, 2.45) is 4.99 Å². The third kappa shape index (κ3) is 9.51. The predicted octanol–water partition coefficient (Wildman–Crippen LogP) is 4.06. The lowest BCUT2D eigenvalue weighted by atomic mass is 10.2. The van der Waals surface area contributed by atoms with Crippen LogP contribution in [0.4, 0.5) is 5.69 Å². The molecule has 29 heavy (non-hydrogen) atoms. The van der Waals surface area contributed by atoms with Gasteiger partial charge in [0.05, 0.1) is 0 Å². The van der Waals surface area contributed by atoms with E-state index >= 15 is 0 Å². The summed E-state index contributed by atoms with van der Waals surface area (Å²) < 4.78 is 2.20. The third-order valence-corrected chi connectivity index (χ3v) is 4.75. The number of aliphatic imine (C=N–C) groups is 1. The van der Waals surface area contributed by atoms with Crippen LogP contribution in [0.25, 0.3) is 0 Å². The summed E-state index contributed by atoms with van der Waals surface area (Å²) in [6, 6.07) is 10.6. The van der Waals surface area contributed by atoms with E-state index in [0.29, 0.717) is 0 Å². The summed E-state index contributed by atoms with van der Waals surface area (Å²) in [5.74, 6) is 2.00. The Morgan fingerprint density at radius 2 is 1.90 bits per heavy atom. The number of benzene rings is 1. The molecule has 0 saturated carbocycles. The molecule has 2 N–H and O–H groups in total. The molecule has 0 fully saturated rings. The van der Waals surface area contributed by atoms with Crippen LogP contribution < -0.4 is 15.5 Å². The Hall–Kier alpha value is -1.77. The topological polar surface area (TPSA) is 57.5 Å². The van der Waals surface area contributed by atoms with Gasteiger partial charge < -0.3 is 20.1 Å². The highest BCUT2D eigenvalue weighted by Crippen LogP contribution is 2.12. The van der Waals surface area contributed by atoms with Crippen LogP contribution in [0.5, 0.6) is 0 Å². The number of aromatic nitrogens is 2. The quantitative estimate of drug-likeness (QED) is 0.195. The Balaban J connectivity index is 0.00000420. The molecule has 162 valence electrons. The lowest BCUT2D eigenvalue weighted by Crippen LogP contribution is -2.38. The average molecular weight is 512 g/mol. The number of nitrogens with one attached hydrogen (secondary N) is 2. The van der Waals surface area contributed by atoms with Crippen molar-refractivity contribution in [3.05, 3.63) is 48.5 Å². The van der Waals surface area contributed by atoms with Crippen molar-refractivity contribution in [3.8, 4) is 0 Å². The minimum Gasteiger partial charge on any atom is -0.372 e. The van der Waals surface area contributed by atoms with Crippen LogP contribution in [-0.2, 0) is 6.54 Å². The Labute approximate surface area is 193 Å². The van der Waals surface area contributed by atoms with Gasteiger partial charge in [-0.2, -0.15) is 0 Å². The monoisotopic (exact) mass is 512 g/mol. The maximum atomic E-state index is 4.73. The van der Waals surface area contributed by atoms with Crippen molar-refractivity contribution in [1.82, 2.24) is 20.2 Å². The van der Waals surface area contributed by atoms with Crippen molar-refractivity contribution in [2.45, 2.75) is 46.6 Å². The van der Waals surface area contributed by atoms with Gasteiger partial charge in [-0.15, -0.1) is 24.0 Å². The van der Waals surface area contributed by atoms with Crippen molar-refractivity contribution in [1.29, 1.82) is 0 Å². The van der Waals surface area contributed by atoms with Gasteiger partial charge in [0.25, 0.3) is 0 Å². The first-order valence-electron chi connectivity index (χ1n) is 10.5. The van der Waals surface area contributed by atoms with Crippen molar-refractivity contribution >= 4 is 35.6 Å². The number of halogens is 1. The lowest BCUT2D eigenvalue weighted by molar-refractivity contribution is 0.588. The summed E-state index contributed by atoms with van der Waals surface area (Å²) in [6.45, 7) is 12.1. The number of guanidine groups is 1. The van der Waals surface area contributed by atoms with E-state index in [-0.39, 0.29) is 24.0 Å². The molecule has 6 nitrogen and oxygen atoms in total. The van der Waals surface area contributed by atoms with Gasteiger partial charge in [-0.3, -0.25) is 4.99 Å². The SMILES string of the molecule is CCNC(=NCCCN(CC)c1ccccc1)NCCCCn1ccnc1C.I. The molecule has 2 rings (SSSR count). The highest BCUT2D eigenvalue weighted by Gasteiger charge is 2.03. The molecule has 1 aromatic heterocycles. The van der Waals surface area contributed by atoms with Crippen LogP contribution in [0.3, 0.4) is 0 Å². The van der Waals surface area contributed by atoms with Crippen LogP contribution in [0.2, 0.25) is 0 Å². The number of aryl methyl sites for hydroxylation is 2. The smallest absolute Gasteiger partial charge is 0.191 e. The minimum absolute atomic E-state index is 0. The molecule has 0 aliphatic heterocycles. The molecule has 0 amide bonds. The highest BCUT2D eigenvalue weighted by molar-refractivity contribution is 14.0. The molecule has 0 aliphatic rings. The second-order valence-corrected chi connectivity index (χ2v) is 6.83. The van der Waals surface area contributed by atoms with Crippen LogP contribution in [0.15, 0.2) is 47.7 Å². The average Bonchev–Trinajstić information content (AvgIpc) is 3.13. The lowest BCUT2D eigenvalue weighted by Gasteiger charge is -2.22. The molecule has 2 aromatic rings. The third-order valence-electron chi connectivity index (χ3n) is 4.75. The molecule has 0 bridgehead atoms. The molecule has 0 atom stereocenters. The molecule has 1 heterocycles. The molecule has 0 radical (unpaired) electrons. The van der Waals surface area contributed by atoms with Gasteiger partial charge in [0.2, 0.25) is 0 Å². The van der Waals surface area contributed by atoms with Crippen molar-refractivity contribution < 1.29 is 0 Å². The second kappa shape index (κ2) is 15.1. The summed E-state index contributed by atoms with van der Waals surface area (Å²) in [7, 11) is 0. The van der Waals surface area contributed by atoms with Crippen LogP contribution >= 0.6 is 24.0 Å². The minimum atomic E-state index is 0. The number of para-hydroxylation sites is 1. The van der Waals surface area contributed by atoms with E-state index in [1.54, 1.807) is 0 Å². The van der Waals surface area contributed by atoms with Gasteiger partial charge >= 0.3 is 0 Å². The number of unbranched alkanes of at least 4 members (excludes halogenated alkanes) is 1. The van der Waals surface area contributed by atoms with Crippen molar-refractivity contribution in [2.75, 3.05) is 37.6 Å². The highest BCUT2D eigenvalue weighted by atomic mass is 127. The number of nitrogens with zero attached hydrogens (tertiary/aromatic N) is 4. The second-order valence-electron chi connectivity index (χ2n) is 6.83. The van der Waals surface area contributed by atoms with Gasteiger partial charge in [-0.1, -0.05) is 18.2 Å². The summed E-state index contributed by atoms with van der Waals surface area (Å²) in [5, 5.41) is 6.79.